The van der Waals surface area contributed by atoms with Crippen molar-refractivity contribution in [2.24, 2.45) is 0 Å². The molecule has 1 unspecified atom stereocenters. The van der Waals surface area contributed by atoms with Crippen LogP contribution in [0.1, 0.15) is 43.1 Å². The molecule has 0 bridgehead atoms. The molecule has 410 valence electrons. The van der Waals surface area contributed by atoms with E-state index < -0.39 is 58.8 Å². The Hall–Kier alpha value is -4.80. The van der Waals surface area contributed by atoms with Gasteiger partial charge in [-0.15, -0.1) is 11.8 Å². The van der Waals surface area contributed by atoms with Crippen LogP contribution in [0.2, 0.25) is 5.02 Å². The number of alkyl halides is 3. The third kappa shape index (κ3) is 17.1. The number of nitrogens with one attached hydrogen (secondary N) is 2. The van der Waals surface area contributed by atoms with Crippen molar-refractivity contribution in [3.63, 3.8) is 0 Å². The molecule has 5 aromatic rings. The van der Waals surface area contributed by atoms with Crippen LogP contribution in [0.4, 0.5) is 29.3 Å². The van der Waals surface area contributed by atoms with Crippen LogP contribution in [0.15, 0.2) is 136 Å². The molecule has 0 saturated carbocycles. The molecule has 0 aliphatic carbocycles. The molecule has 1 amide bonds. The molecular weight excluding hydrogens is 1080 g/mol. The van der Waals surface area contributed by atoms with Gasteiger partial charge in [0.2, 0.25) is 6.79 Å². The second-order valence-electron chi connectivity index (χ2n) is 18.3. The van der Waals surface area contributed by atoms with Crippen LogP contribution in [-0.4, -0.2) is 137 Å². The van der Waals surface area contributed by atoms with Crippen molar-refractivity contribution in [2.75, 3.05) is 94.6 Å². The highest BCUT2D eigenvalue weighted by atomic mass is 35.5. The smallest absolute Gasteiger partial charge is 0.432 e. The van der Waals surface area contributed by atoms with Gasteiger partial charge < -0.3 is 29.1 Å². The van der Waals surface area contributed by atoms with Gasteiger partial charge in [0.05, 0.1) is 18.4 Å². The number of hydrogen-bond acceptors (Lipinski definition) is 16. The van der Waals surface area contributed by atoms with E-state index in [1.807, 2.05) is 83.8 Å². The second kappa shape index (κ2) is 27.7. The van der Waals surface area contributed by atoms with Gasteiger partial charge in [0, 0.05) is 103 Å². The number of carbonyl (C=O) groups is 2. The average Bonchev–Trinajstić information content (AvgIpc) is 3.40. The molecule has 2 fully saturated rings. The van der Waals surface area contributed by atoms with Crippen molar-refractivity contribution in [1.82, 2.24) is 19.4 Å². The van der Waals surface area contributed by atoms with Gasteiger partial charge in [-0.05, 0) is 123 Å². The molecule has 76 heavy (non-hydrogen) atoms. The lowest BCUT2D eigenvalue weighted by Gasteiger charge is -2.36. The molecule has 2 N–H and O–H groups in total. The van der Waals surface area contributed by atoms with E-state index in [4.69, 9.17) is 30.1 Å². The van der Waals surface area contributed by atoms with E-state index in [0.29, 0.717) is 55.5 Å². The highest BCUT2D eigenvalue weighted by molar-refractivity contribution is 7.99. The quantitative estimate of drug-likeness (QED) is 0.0197. The predicted molar refractivity (Wildman–Crippen MR) is 294 cm³/mol. The number of amides is 1. The number of halogens is 4. The van der Waals surface area contributed by atoms with Gasteiger partial charge in [-0.3, -0.25) is 28.4 Å². The van der Waals surface area contributed by atoms with E-state index in [-0.39, 0.29) is 23.5 Å². The fraction of sp³-hybridized carbons (Fsp3) is 0.396. The Balaban J connectivity index is 0.949. The fourth-order valence-corrected chi connectivity index (χ4v) is 13.0. The van der Waals surface area contributed by atoms with Crippen molar-refractivity contribution in [1.29, 1.82) is 0 Å². The lowest BCUT2D eigenvalue weighted by molar-refractivity contribution is -0.0436. The number of sulfone groups is 1. The number of rotatable bonds is 24. The normalized spacial score (nSPS) is 16.2. The summed E-state index contributed by atoms with van der Waals surface area (Å²) in [6.07, 6.45) is -0.975. The monoisotopic (exact) mass is 1150 g/mol. The Morgan fingerprint density at radius 3 is 2.12 bits per heavy atom. The third-order valence-electron chi connectivity index (χ3n) is 12.5. The lowest BCUT2D eigenvalue weighted by atomic mass is 9.99. The van der Waals surface area contributed by atoms with Gasteiger partial charge >= 0.3 is 19.3 Å². The maximum absolute atomic E-state index is 14.4. The Labute approximate surface area is 456 Å². The number of hydrogen-bond donors (Lipinski definition) is 2. The highest BCUT2D eigenvalue weighted by Gasteiger charge is 2.48. The Morgan fingerprint density at radius 2 is 1.45 bits per heavy atom. The minimum atomic E-state index is -5.86. The Kier molecular flexibility index (Phi) is 21.4. The topological polar surface area (TPSA) is 159 Å². The first-order chi connectivity index (χ1) is 36.4. The predicted octanol–water partition coefficient (Wildman–Crippen LogP) is 11.4. The minimum absolute atomic E-state index is 0.0413. The zero-order valence-electron chi connectivity index (χ0n) is 42.5. The number of anilines is 2. The standard InChI is InChI=1S/C53H63ClF3N6O9PS3/c1-4-70-73(66,71-38-69-52(65)72-39(2)3)37-62-28-26-60(27-29-62)25-24-44(36-74-46-11-6-5-7-12-46)58-49-23-22-47(34-50(49)76(67,68)53(55,56)57)75-59-51(64)41-16-20-45(21-17-41)63-32-30-61(31-33-63)35-42-10-8-9-13-48(42)40-14-18-43(54)19-15-40/h5-23,34,39,44,58H,4,24-33,35-38H2,1-3H3,(H,59,64)/t44-,73?/m1/s1. The van der Waals surface area contributed by atoms with Crippen molar-refractivity contribution >= 4 is 76.2 Å². The van der Waals surface area contributed by atoms with Crippen molar-refractivity contribution in [3.05, 3.63) is 137 Å². The molecule has 0 spiro atoms. The molecule has 23 heteroatoms. The second-order valence-corrected chi connectivity index (χ2v) is 24.6. The van der Waals surface area contributed by atoms with Crippen LogP contribution in [0.5, 0.6) is 0 Å². The molecule has 2 aliphatic heterocycles. The van der Waals surface area contributed by atoms with Crippen LogP contribution < -0.4 is 14.9 Å². The first kappa shape index (κ1) is 58.9. The number of carbonyl (C=O) groups excluding carboxylic acids is 2. The molecule has 0 aromatic heterocycles. The molecule has 15 nitrogen and oxygen atoms in total. The van der Waals surface area contributed by atoms with E-state index in [1.165, 1.54) is 35.0 Å². The van der Waals surface area contributed by atoms with E-state index in [2.05, 4.69) is 36.9 Å². The summed E-state index contributed by atoms with van der Waals surface area (Å²) in [6.45, 7) is 11.1. The van der Waals surface area contributed by atoms with E-state index >= 15 is 0 Å². The lowest BCUT2D eigenvalue weighted by Crippen LogP contribution is -2.47. The SMILES string of the molecule is CCOP(=O)(CN1CCN(CC[C@H](CSc2ccccc2)Nc2ccc(SNC(=O)c3ccc(N4CCN(Cc5ccccc5-c5ccc(Cl)cc5)CC4)cc3)cc2S(=O)(=O)C(F)(F)F)CC1)OCOC(=O)OC(C)C. The van der Waals surface area contributed by atoms with Crippen LogP contribution in [-0.2, 0) is 39.5 Å². The summed E-state index contributed by atoms with van der Waals surface area (Å²) in [5.41, 5.74) is -1.05. The summed E-state index contributed by atoms with van der Waals surface area (Å²) >= 11 is 8.34. The van der Waals surface area contributed by atoms with Gasteiger partial charge in [-0.2, -0.15) is 13.2 Å². The molecule has 2 saturated heterocycles. The molecule has 2 aliphatic rings. The van der Waals surface area contributed by atoms with Crippen LogP contribution in [0, 0.1) is 0 Å². The zero-order chi connectivity index (χ0) is 54.3. The Bertz CT molecular complexity index is 2850. The van der Waals surface area contributed by atoms with Crippen molar-refractivity contribution < 1.29 is 54.3 Å². The minimum Gasteiger partial charge on any atom is -0.432 e. The van der Waals surface area contributed by atoms with Gasteiger partial charge in [0.15, 0.2) is 0 Å². The van der Waals surface area contributed by atoms with E-state index in [0.717, 1.165) is 66.9 Å². The van der Waals surface area contributed by atoms with Gasteiger partial charge in [-0.1, -0.05) is 66.2 Å². The van der Waals surface area contributed by atoms with Gasteiger partial charge in [0.25, 0.3) is 15.7 Å². The third-order valence-corrected chi connectivity index (χ3v) is 18.1. The van der Waals surface area contributed by atoms with Crippen molar-refractivity contribution in [2.45, 2.75) is 66.1 Å². The number of benzene rings is 5. The van der Waals surface area contributed by atoms with Crippen molar-refractivity contribution in [3.8, 4) is 11.1 Å². The largest absolute Gasteiger partial charge is 0.510 e. The molecular formula is C53H63ClF3N6O9PS3. The first-order valence-electron chi connectivity index (χ1n) is 24.8. The van der Waals surface area contributed by atoms with Crippen LogP contribution in [0.25, 0.3) is 11.1 Å². The summed E-state index contributed by atoms with van der Waals surface area (Å²) in [5, 5.41) is 3.83. The van der Waals surface area contributed by atoms with Crippen LogP contribution >= 0.6 is 42.9 Å². The Morgan fingerprint density at radius 1 is 0.789 bits per heavy atom. The maximum Gasteiger partial charge on any atom is 0.510 e. The van der Waals surface area contributed by atoms with E-state index in [1.54, 1.807) is 32.9 Å². The summed E-state index contributed by atoms with van der Waals surface area (Å²) in [5.74, 6) is -0.117. The number of ether oxygens (including phenoxy) is 2. The number of nitrogens with zero attached hydrogens (tertiary/aromatic N) is 4. The summed E-state index contributed by atoms with van der Waals surface area (Å²) in [6, 6.07) is 36.0. The fourth-order valence-electron chi connectivity index (χ4n) is 8.56. The molecule has 7 rings (SSSR count). The molecule has 2 atom stereocenters. The average molecular weight is 1150 g/mol. The highest BCUT2D eigenvalue weighted by Crippen LogP contribution is 2.49. The zero-order valence-corrected chi connectivity index (χ0v) is 46.6. The van der Waals surface area contributed by atoms with E-state index in [9.17, 15) is 35.7 Å². The summed E-state index contributed by atoms with van der Waals surface area (Å²) < 4.78 is 106. The molecule has 5 aromatic carbocycles. The summed E-state index contributed by atoms with van der Waals surface area (Å²) in [7, 11) is -9.54. The van der Waals surface area contributed by atoms with Crippen LogP contribution in [0.3, 0.4) is 0 Å². The number of thioether (sulfide) groups is 1. The first-order valence-corrected chi connectivity index (χ1v) is 30.2. The maximum atomic E-state index is 14.4. The molecule has 2 heterocycles. The number of piperazine rings is 2. The van der Waals surface area contributed by atoms with Gasteiger partial charge in [0.1, 0.15) is 11.2 Å². The van der Waals surface area contributed by atoms with Gasteiger partial charge in [-0.25, -0.2) is 13.2 Å². The molecule has 0 radical (unpaired) electrons. The summed E-state index contributed by atoms with van der Waals surface area (Å²) in [4.78, 5) is 34.0.